The number of carbonyl (C=O) groups is 2. The van der Waals surface area contributed by atoms with E-state index < -0.39 is 11.9 Å². The highest BCUT2D eigenvalue weighted by Gasteiger charge is 2.41. The Balaban J connectivity index is 1.88. The number of thiophene rings is 1. The molecule has 0 spiro atoms. The molecule has 6 nitrogen and oxygen atoms in total. The number of nitrogens with one attached hydrogen (secondary N) is 1. The second kappa shape index (κ2) is 8.40. The Morgan fingerprint density at radius 1 is 1.29 bits per heavy atom. The molecular formula is C23H22ClNO5S. The smallest absolute Gasteiger partial charge is 0.336 e. The summed E-state index contributed by atoms with van der Waals surface area (Å²) in [5, 5.41) is 15.5. The SMILES string of the molecule is COC(=O)C1=C(C)NC2=C(C(=O)C[C@H](c3cccs3)C2)[C@@H]1c1cc(Cl)c(O)c(OC)c1. The second-order valence-electron chi connectivity index (χ2n) is 7.58. The van der Waals surface area contributed by atoms with Crippen LogP contribution in [0.2, 0.25) is 5.02 Å². The summed E-state index contributed by atoms with van der Waals surface area (Å²) in [5.74, 6) is -1.17. The topological polar surface area (TPSA) is 84.9 Å². The molecule has 0 saturated carbocycles. The van der Waals surface area contributed by atoms with Gasteiger partial charge < -0.3 is 19.9 Å². The number of esters is 1. The van der Waals surface area contributed by atoms with Gasteiger partial charge in [-0.05, 0) is 42.5 Å². The minimum Gasteiger partial charge on any atom is -0.503 e. The first-order valence-corrected chi connectivity index (χ1v) is 11.0. The van der Waals surface area contributed by atoms with Crippen molar-refractivity contribution in [1.29, 1.82) is 0 Å². The van der Waals surface area contributed by atoms with Gasteiger partial charge in [-0.1, -0.05) is 17.7 Å². The van der Waals surface area contributed by atoms with Crippen LogP contribution in [0.1, 0.15) is 42.0 Å². The lowest BCUT2D eigenvalue weighted by atomic mass is 9.72. The van der Waals surface area contributed by atoms with Gasteiger partial charge in [-0.2, -0.15) is 0 Å². The van der Waals surface area contributed by atoms with Crippen molar-refractivity contribution < 1.29 is 24.2 Å². The number of ether oxygens (including phenoxy) is 2. The van der Waals surface area contributed by atoms with Crippen molar-refractivity contribution in [2.75, 3.05) is 14.2 Å². The predicted molar refractivity (Wildman–Crippen MR) is 119 cm³/mol. The fraction of sp³-hybridized carbons (Fsp3) is 0.304. The van der Waals surface area contributed by atoms with Crippen LogP contribution in [0.5, 0.6) is 11.5 Å². The molecule has 31 heavy (non-hydrogen) atoms. The van der Waals surface area contributed by atoms with Gasteiger partial charge in [0.15, 0.2) is 17.3 Å². The van der Waals surface area contributed by atoms with Crippen LogP contribution in [-0.4, -0.2) is 31.1 Å². The molecule has 1 aliphatic carbocycles. The molecule has 1 aromatic heterocycles. The first-order chi connectivity index (χ1) is 14.8. The number of hydrogen-bond donors (Lipinski definition) is 2. The minimum absolute atomic E-state index is 0.0331. The number of halogens is 1. The van der Waals surface area contributed by atoms with E-state index in [-0.39, 0.29) is 28.2 Å². The van der Waals surface area contributed by atoms with Gasteiger partial charge in [0.05, 0.1) is 24.8 Å². The average molecular weight is 460 g/mol. The van der Waals surface area contributed by atoms with Gasteiger partial charge >= 0.3 is 5.97 Å². The van der Waals surface area contributed by atoms with Crippen molar-refractivity contribution in [2.45, 2.75) is 31.6 Å². The van der Waals surface area contributed by atoms with E-state index in [0.29, 0.717) is 35.2 Å². The fourth-order valence-electron chi connectivity index (χ4n) is 4.39. The molecule has 4 rings (SSSR count). The molecule has 162 valence electrons. The Labute approximate surface area is 189 Å². The second-order valence-corrected chi connectivity index (χ2v) is 8.96. The number of carbonyl (C=O) groups excluding carboxylic acids is 2. The monoisotopic (exact) mass is 459 g/mol. The highest BCUT2D eigenvalue weighted by atomic mass is 35.5. The summed E-state index contributed by atoms with van der Waals surface area (Å²) in [7, 11) is 2.73. The van der Waals surface area contributed by atoms with Gasteiger partial charge in [0.2, 0.25) is 0 Å². The van der Waals surface area contributed by atoms with Crippen molar-refractivity contribution in [1.82, 2.24) is 5.32 Å². The molecule has 1 aliphatic heterocycles. The van der Waals surface area contributed by atoms with E-state index in [4.69, 9.17) is 21.1 Å². The van der Waals surface area contributed by atoms with E-state index in [1.54, 1.807) is 30.4 Å². The van der Waals surface area contributed by atoms with E-state index in [1.165, 1.54) is 14.2 Å². The van der Waals surface area contributed by atoms with Crippen molar-refractivity contribution in [2.24, 2.45) is 0 Å². The maximum Gasteiger partial charge on any atom is 0.336 e. The van der Waals surface area contributed by atoms with Crippen LogP contribution in [0.3, 0.4) is 0 Å². The molecule has 0 unspecified atom stereocenters. The maximum absolute atomic E-state index is 13.4. The molecule has 0 amide bonds. The normalized spacial score (nSPS) is 21.0. The Kier molecular flexibility index (Phi) is 5.81. The highest BCUT2D eigenvalue weighted by molar-refractivity contribution is 7.10. The van der Waals surface area contributed by atoms with Crippen molar-refractivity contribution in [3.05, 3.63) is 67.6 Å². The summed E-state index contributed by atoms with van der Waals surface area (Å²) < 4.78 is 10.3. The molecule has 2 N–H and O–H groups in total. The zero-order chi connectivity index (χ0) is 22.3. The van der Waals surface area contributed by atoms with Crippen molar-refractivity contribution in [3.63, 3.8) is 0 Å². The molecule has 0 fully saturated rings. The molecule has 0 bridgehead atoms. The maximum atomic E-state index is 13.4. The number of allylic oxidation sites excluding steroid dienone is 3. The predicted octanol–water partition coefficient (Wildman–Crippen LogP) is 4.65. The number of dihydropyridines is 1. The van der Waals surface area contributed by atoms with Crippen molar-refractivity contribution in [3.8, 4) is 11.5 Å². The summed E-state index contributed by atoms with van der Waals surface area (Å²) in [4.78, 5) is 27.3. The molecule has 1 aromatic carbocycles. The van der Waals surface area contributed by atoms with E-state index in [2.05, 4.69) is 5.32 Å². The van der Waals surface area contributed by atoms with Crippen LogP contribution in [0.4, 0.5) is 0 Å². The van der Waals surface area contributed by atoms with Crippen LogP contribution in [0.15, 0.2) is 52.2 Å². The molecular weight excluding hydrogens is 438 g/mol. The lowest BCUT2D eigenvalue weighted by Gasteiger charge is -2.36. The van der Waals surface area contributed by atoms with E-state index in [1.807, 2.05) is 17.5 Å². The van der Waals surface area contributed by atoms with Gasteiger partial charge in [0, 0.05) is 40.1 Å². The number of methoxy groups -OCH3 is 2. The number of ketones is 1. The molecule has 8 heteroatoms. The summed E-state index contributed by atoms with van der Waals surface area (Å²) in [5.41, 5.74) is 2.87. The largest absolute Gasteiger partial charge is 0.503 e. The van der Waals surface area contributed by atoms with Crippen LogP contribution in [0.25, 0.3) is 0 Å². The zero-order valence-corrected chi connectivity index (χ0v) is 18.9. The number of rotatable bonds is 4. The Bertz CT molecular complexity index is 1120. The third kappa shape index (κ3) is 3.72. The summed E-state index contributed by atoms with van der Waals surface area (Å²) in [6.45, 7) is 1.79. The number of phenols is 1. The first kappa shape index (κ1) is 21.5. The number of phenolic OH excluding ortho intramolecular Hbond substituents is 1. The zero-order valence-electron chi connectivity index (χ0n) is 17.3. The fourth-order valence-corrected chi connectivity index (χ4v) is 5.44. The molecule has 0 radical (unpaired) electrons. The molecule has 2 atom stereocenters. The van der Waals surface area contributed by atoms with Gasteiger partial charge in [-0.15, -0.1) is 11.3 Å². The Morgan fingerprint density at radius 2 is 2.06 bits per heavy atom. The number of hydrogen-bond acceptors (Lipinski definition) is 7. The van der Waals surface area contributed by atoms with Gasteiger partial charge in [-0.3, -0.25) is 4.79 Å². The van der Waals surface area contributed by atoms with E-state index >= 15 is 0 Å². The average Bonchev–Trinajstić information content (AvgIpc) is 3.29. The van der Waals surface area contributed by atoms with Crippen LogP contribution in [-0.2, 0) is 14.3 Å². The summed E-state index contributed by atoms with van der Waals surface area (Å²) >= 11 is 7.88. The van der Waals surface area contributed by atoms with Crippen LogP contribution < -0.4 is 10.1 Å². The lowest BCUT2D eigenvalue weighted by Crippen LogP contribution is -2.35. The van der Waals surface area contributed by atoms with Crippen LogP contribution in [0, 0.1) is 0 Å². The Morgan fingerprint density at radius 3 is 2.71 bits per heavy atom. The van der Waals surface area contributed by atoms with Crippen LogP contribution >= 0.6 is 22.9 Å². The number of aromatic hydroxyl groups is 1. The molecule has 2 heterocycles. The minimum atomic E-state index is -0.674. The van der Waals surface area contributed by atoms with Crippen molar-refractivity contribution >= 4 is 34.7 Å². The molecule has 0 saturated heterocycles. The third-order valence-corrected chi connectivity index (χ3v) is 7.11. The highest BCUT2D eigenvalue weighted by Crippen LogP contribution is 2.48. The van der Waals surface area contributed by atoms with E-state index in [0.717, 1.165) is 10.6 Å². The Hall–Kier alpha value is -2.77. The standard InChI is InChI=1S/C23H22ClNO5S/c1-11-19(23(28)30-3)20(13-7-14(24)22(27)17(10-13)29-2)21-15(25-11)8-12(9-16(21)26)18-5-4-6-31-18/h4-7,10,12,20,25,27H,8-9H2,1-3H3/t12-,20-/m1/s1. The first-order valence-electron chi connectivity index (χ1n) is 9.77. The molecule has 2 aliphatic rings. The van der Waals surface area contributed by atoms with Gasteiger partial charge in [-0.25, -0.2) is 4.79 Å². The number of Topliss-reactive ketones (excluding diaryl/α,β-unsaturated/α-hetero) is 1. The lowest BCUT2D eigenvalue weighted by molar-refractivity contribution is -0.136. The van der Waals surface area contributed by atoms with E-state index in [9.17, 15) is 14.7 Å². The number of benzene rings is 1. The quantitative estimate of drug-likeness (QED) is 0.647. The molecule has 2 aromatic rings. The summed E-state index contributed by atoms with van der Waals surface area (Å²) in [6.07, 6.45) is 1.01. The summed E-state index contributed by atoms with van der Waals surface area (Å²) in [6, 6.07) is 7.20. The van der Waals surface area contributed by atoms with Gasteiger partial charge in [0.1, 0.15) is 0 Å². The van der Waals surface area contributed by atoms with Gasteiger partial charge in [0.25, 0.3) is 0 Å². The third-order valence-electron chi connectivity index (χ3n) is 5.78.